The summed E-state index contributed by atoms with van der Waals surface area (Å²) in [7, 11) is 0. The third-order valence-corrected chi connectivity index (χ3v) is 4.61. The van der Waals surface area contributed by atoms with E-state index in [1.165, 1.54) is 19.3 Å². The number of aryl methyl sites for hydroxylation is 1. The van der Waals surface area contributed by atoms with Gasteiger partial charge in [-0.3, -0.25) is 4.79 Å². The molecule has 1 fully saturated rings. The average Bonchev–Trinajstić information content (AvgIpc) is 2.47. The second kappa shape index (κ2) is 7.66. The van der Waals surface area contributed by atoms with Crippen molar-refractivity contribution in [2.75, 3.05) is 6.61 Å². The summed E-state index contributed by atoms with van der Waals surface area (Å²) in [5.74, 6) is 1.79. The summed E-state index contributed by atoms with van der Waals surface area (Å²) in [4.78, 5) is 12.2. The molecule has 1 aliphatic carbocycles. The van der Waals surface area contributed by atoms with E-state index in [4.69, 9.17) is 4.74 Å². The zero-order chi connectivity index (χ0) is 16.1. The Morgan fingerprint density at radius 1 is 1.32 bits per heavy atom. The van der Waals surface area contributed by atoms with Crippen LogP contribution in [0.3, 0.4) is 0 Å². The number of nitrogens with one attached hydrogen (secondary N) is 1. The van der Waals surface area contributed by atoms with Gasteiger partial charge >= 0.3 is 0 Å². The highest BCUT2D eigenvalue weighted by Crippen LogP contribution is 2.27. The van der Waals surface area contributed by atoms with Gasteiger partial charge in [0.25, 0.3) is 5.91 Å². The van der Waals surface area contributed by atoms with Crippen molar-refractivity contribution < 1.29 is 9.53 Å². The van der Waals surface area contributed by atoms with Gasteiger partial charge in [-0.25, -0.2) is 0 Å². The molecule has 1 aliphatic rings. The van der Waals surface area contributed by atoms with Crippen LogP contribution >= 0.6 is 0 Å². The summed E-state index contributed by atoms with van der Waals surface area (Å²) in [5.41, 5.74) is 2.31. The summed E-state index contributed by atoms with van der Waals surface area (Å²) in [6.07, 6.45) is 4.80. The minimum absolute atomic E-state index is 0.00466. The van der Waals surface area contributed by atoms with Crippen molar-refractivity contribution in [3.63, 3.8) is 0 Å². The third-order valence-electron chi connectivity index (χ3n) is 4.61. The number of amides is 1. The molecule has 3 heteroatoms. The molecule has 0 aliphatic heterocycles. The molecule has 1 saturated carbocycles. The Hall–Kier alpha value is -1.51. The molecule has 1 aromatic rings. The molecule has 3 nitrogen and oxygen atoms in total. The van der Waals surface area contributed by atoms with Crippen LogP contribution < -0.4 is 10.1 Å². The number of ether oxygens (including phenoxy) is 1. The Balaban J connectivity index is 1.92. The van der Waals surface area contributed by atoms with Gasteiger partial charge in [0.15, 0.2) is 6.61 Å². The van der Waals surface area contributed by atoms with E-state index in [0.717, 1.165) is 23.3 Å². The van der Waals surface area contributed by atoms with Crippen molar-refractivity contribution >= 4 is 5.91 Å². The second-order valence-electron chi connectivity index (χ2n) is 6.92. The van der Waals surface area contributed by atoms with Gasteiger partial charge in [-0.15, -0.1) is 0 Å². The minimum Gasteiger partial charge on any atom is -0.483 e. The molecule has 2 atom stereocenters. The van der Waals surface area contributed by atoms with Crippen molar-refractivity contribution in [3.8, 4) is 5.75 Å². The van der Waals surface area contributed by atoms with Gasteiger partial charge in [0.2, 0.25) is 0 Å². The SMILES string of the molecule is Cc1ccc(C(C)C)c(OCC(=O)N[C@@H]2CCCC[C@H]2C)c1. The Morgan fingerprint density at radius 2 is 2.05 bits per heavy atom. The van der Waals surface area contributed by atoms with Crippen molar-refractivity contribution in [1.82, 2.24) is 5.32 Å². The maximum atomic E-state index is 12.2. The van der Waals surface area contributed by atoms with Gasteiger partial charge in [0.05, 0.1) is 0 Å². The molecule has 0 unspecified atom stereocenters. The van der Waals surface area contributed by atoms with Crippen LogP contribution in [0.25, 0.3) is 0 Å². The molecule has 0 spiro atoms. The van der Waals surface area contributed by atoms with Gasteiger partial charge in [-0.1, -0.05) is 45.7 Å². The molecule has 122 valence electrons. The number of hydrogen-bond donors (Lipinski definition) is 1. The molecule has 0 aromatic heterocycles. The Kier molecular flexibility index (Phi) is 5.87. The molecular weight excluding hydrogens is 274 g/mol. The molecule has 0 radical (unpaired) electrons. The van der Waals surface area contributed by atoms with Gasteiger partial charge in [0, 0.05) is 6.04 Å². The normalized spacial score (nSPS) is 21.7. The largest absolute Gasteiger partial charge is 0.483 e. The molecule has 0 saturated heterocycles. The zero-order valence-corrected chi connectivity index (χ0v) is 14.3. The lowest BCUT2D eigenvalue weighted by molar-refractivity contribution is -0.124. The average molecular weight is 303 g/mol. The van der Waals surface area contributed by atoms with E-state index in [2.05, 4.69) is 38.2 Å². The van der Waals surface area contributed by atoms with Gasteiger partial charge in [-0.2, -0.15) is 0 Å². The number of benzene rings is 1. The standard InChI is InChI=1S/C19H29NO2/c1-13(2)16-10-9-14(3)11-18(16)22-12-19(21)20-17-8-6-5-7-15(17)4/h9-11,13,15,17H,5-8,12H2,1-4H3,(H,20,21)/t15-,17-/m1/s1. The van der Waals surface area contributed by atoms with Crippen LogP contribution in [0.15, 0.2) is 18.2 Å². The molecule has 22 heavy (non-hydrogen) atoms. The quantitative estimate of drug-likeness (QED) is 0.885. The van der Waals surface area contributed by atoms with E-state index in [9.17, 15) is 4.79 Å². The molecule has 1 aromatic carbocycles. The van der Waals surface area contributed by atoms with Crippen LogP contribution in [0.5, 0.6) is 5.75 Å². The molecule has 2 rings (SSSR count). The predicted octanol–water partition coefficient (Wildman–Crippen LogP) is 4.19. The smallest absolute Gasteiger partial charge is 0.258 e. The number of hydrogen-bond acceptors (Lipinski definition) is 2. The van der Waals surface area contributed by atoms with Crippen LogP contribution in [0.1, 0.15) is 63.5 Å². The van der Waals surface area contributed by atoms with Crippen molar-refractivity contribution in [1.29, 1.82) is 0 Å². The maximum Gasteiger partial charge on any atom is 0.258 e. The fraction of sp³-hybridized carbons (Fsp3) is 0.632. The number of carbonyl (C=O) groups is 1. The van der Waals surface area contributed by atoms with Crippen LogP contribution in [0.2, 0.25) is 0 Å². The van der Waals surface area contributed by atoms with E-state index in [-0.39, 0.29) is 12.5 Å². The van der Waals surface area contributed by atoms with Crippen LogP contribution in [0, 0.1) is 12.8 Å². The fourth-order valence-corrected chi connectivity index (χ4v) is 3.17. The summed E-state index contributed by atoms with van der Waals surface area (Å²) in [6, 6.07) is 6.51. The lowest BCUT2D eigenvalue weighted by Crippen LogP contribution is -2.43. The summed E-state index contributed by atoms with van der Waals surface area (Å²) in [5, 5.41) is 3.14. The lowest BCUT2D eigenvalue weighted by atomic mass is 9.86. The first-order valence-corrected chi connectivity index (χ1v) is 8.50. The monoisotopic (exact) mass is 303 g/mol. The van der Waals surface area contributed by atoms with Crippen LogP contribution in [0.4, 0.5) is 0 Å². The number of rotatable bonds is 5. The topological polar surface area (TPSA) is 38.3 Å². The molecule has 0 heterocycles. The number of carbonyl (C=O) groups excluding carboxylic acids is 1. The summed E-state index contributed by atoms with van der Waals surface area (Å²) in [6.45, 7) is 8.65. The van der Waals surface area contributed by atoms with Gasteiger partial charge in [-0.05, 0) is 48.8 Å². The van der Waals surface area contributed by atoms with Crippen molar-refractivity contribution in [2.45, 2.75) is 65.3 Å². The van der Waals surface area contributed by atoms with Crippen molar-refractivity contribution in [2.24, 2.45) is 5.92 Å². The first-order chi connectivity index (χ1) is 10.5. The van der Waals surface area contributed by atoms with Crippen LogP contribution in [-0.2, 0) is 4.79 Å². The van der Waals surface area contributed by atoms with Gasteiger partial charge in [0.1, 0.15) is 5.75 Å². The van der Waals surface area contributed by atoms with E-state index in [0.29, 0.717) is 17.9 Å². The molecular formula is C19H29NO2. The fourth-order valence-electron chi connectivity index (χ4n) is 3.17. The highest BCUT2D eigenvalue weighted by molar-refractivity contribution is 5.78. The first kappa shape index (κ1) is 16.9. The lowest BCUT2D eigenvalue weighted by Gasteiger charge is -2.29. The van der Waals surface area contributed by atoms with E-state index in [1.807, 2.05) is 13.0 Å². The minimum atomic E-state index is -0.00466. The highest BCUT2D eigenvalue weighted by Gasteiger charge is 2.23. The summed E-state index contributed by atoms with van der Waals surface area (Å²) < 4.78 is 5.81. The molecule has 1 N–H and O–H groups in total. The predicted molar refractivity (Wildman–Crippen MR) is 90.3 cm³/mol. The zero-order valence-electron chi connectivity index (χ0n) is 14.3. The van der Waals surface area contributed by atoms with E-state index >= 15 is 0 Å². The highest BCUT2D eigenvalue weighted by atomic mass is 16.5. The van der Waals surface area contributed by atoms with Crippen LogP contribution in [-0.4, -0.2) is 18.6 Å². The second-order valence-corrected chi connectivity index (χ2v) is 6.92. The molecule has 0 bridgehead atoms. The Labute approximate surface area is 134 Å². The Bertz CT molecular complexity index is 510. The van der Waals surface area contributed by atoms with Gasteiger partial charge < -0.3 is 10.1 Å². The van der Waals surface area contributed by atoms with Crippen molar-refractivity contribution in [3.05, 3.63) is 29.3 Å². The maximum absolute atomic E-state index is 12.2. The van der Waals surface area contributed by atoms with E-state index in [1.54, 1.807) is 0 Å². The first-order valence-electron chi connectivity index (χ1n) is 8.50. The molecule has 1 amide bonds. The Morgan fingerprint density at radius 3 is 2.73 bits per heavy atom. The summed E-state index contributed by atoms with van der Waals surface area (Å²) >= 11 is 0. The third kappa shape index (κ3) is 4.49. The van der Waals surface area contributed by atoms with E-state index < -0.39 is 0 Å².